The number of rotatable bonds is 6. The van der Waals surface area contributed by atoms with Crippen LogP contribution in [0.2, 0.25) is 0 Å². The predicted octanol–water partition coefficient (Wildman–Crippen LogP) is 4.19. The number of amides is 1. The molecule has 3 atom stereocenters. The quantitative estimate of drug-likeness (QED) is 0.547. The lowest BCUT2D eigenvalue weighted by atomic mass is 9.82. The van der Waals surface area contributed by atoms with Crippen molar-refractivity contribution >= 4 is 34.2 Å². The van der Waals surface area contributed by atoms with Crippen LogP contribution >= 0.6 is 11.3 Å². The van der Waals surface area contributed by atoms with Crippen molar-refractivity contribution in [2.75, 3.05) is 5.32 Å². The highest BCUT2D eigenvalue weighted by molar-refractivity contribution is 7.17. The van der Waals surface area contributed by atoms with Crippen molar-refractivity contribution in [1.29, 1.82) is 0 Å². The topological polar surface area (TPSA) is 92.7 Å². The molecule has 2 aliphatic carbocycles. The summed E-state index contributed by atoms with van der Waals surface area (Å²) in [5, 5.41) is 12.8. The number of aliphatic carboxylic acids is 1. The summed E-state index contributed by atoms with van der Waals surface area (Å²) < 4.78 is 5.55. The summed E-state index contributed by atoms with van der Waals surface area (Å²) in [5.74, 6) is -3.09. The molecule has 2 aliphatic rings. The summed E-state index contributed by atoms with van der Waals surface area (Å²) in [6.45, 7) is 3.80. The molecule has 152 valence electrons. The third-order valence-corrected chi connectivity index (χ3v) is 6.79. The zero-order valence-corrected chi connectivity index (χ0v) is 17.1. The van der Waals surface area contributed by atoms with E-state index in [1.54, 1.807) is 6.08 Å². The number of thiophene rings is 1. The van der Waals surface area contributed by atoms with Crippen LogP contribution in [0.5, 0.6) is 0 Å². The van der Waals surface area contributed by atoms with E-state index in [2.05, 4.69) is 5.32 Å². The second-order valence-electron chi connectivity index (χ2n) is 7.52. The van der Waals surface area contributed by atoms with Crippen LogP contribution in [0.3, 0.4) is 0 Å². The smallest absolute Gasteiger partial charge is 0.341 e. The maximum atomic E-state index is 12.9. The minimum atomic E-state index is -0.966. The number of allylic oxidation sites excluding steroid dienone is 2. The van der Waals surface area contributed by atoms with E-state index in [-0.39, 0.29) is 12.0 Å². The van der Waals surface area contributed by atoms with Crippen LogP contribution in [-0.4, -0.2) is 29.1 Å². The number of carboxylic acids is 1. The molecule has 2 N–H and O–H groups in total. The largest absolute Gasteiger partial charge is 0.481 e. The summed E-state index contributed by atoms with van der Waals surface area (Å²) in [5.41, 5.74) is 1.45. The molecule has 0 radical (unpaired) electrons. The van der Waals surface area contributed by atoms with Gasteiger partial charge in [-0.15, -0.1) is 11.3 Å². The Morgan fingerprint density at radius 1 is 1.21 bits per heavy atom. The number of hydrogen-bond acceptors (Lipinski definition) is 5. The monoisotopic (exact) mass is 405 g/mol. The van der Waals surface area contributed by atoms with E-state index >= 15 is 0 Å². The molecule has 6 nitrogen and oxygen atoms in total. The van der Waals surface area contributed by atoms with E-state index in [0.29, 0.717) is 29.8 Å². The van der Waals surface area contributed by atoms with Gasteiger partial charge in [0, 0.05) is 4.88 Å². The lowest BCUT2D eigenvalue weighted by Gasteiger charge is -2.24. The molecule has 0 saturated heterocycles. The van der Waals surface area contributed by atoms with Gasteiger partial charge < -0.3 is 15.2 Å². The highest BCUT2D eigenvalue weighted by atomic mass is 32.1. The summed E-state index contributed by atoms with van der Waals surface area (Å²) in [7, 11) is 0. The van der Waals surface area contributed by atoms with E-state index in [1.165, 1.54) is 11.3 Å². The fourth-order valence-corrected chi connectivity index (χ4v) is 5.06. The van der Waals surface area contributed by atoms with Crippen molar-refractivity contribution in [3.63, 3.8) is 0 Å². The number of hydrogen-bond donors (Lipinski definition) is 2. The van der Waals surface area contributed by atoms with Crippen LogP contribution in [0, 0.1) is 11.8 Å². The number of carbonyl (C=O) groups is 3. The van der Waals surface area contributed by atoms with Gasteiger partial charge in [-0.1, -0.05) is 19.1 Å². The van der Waals surface area contributed by atoms with Gasteiger partial charge in [-0.3, -0.25) is 9.59 Å². The third-order valence-electron chi connectivity index (χ3n) is 5.58. The van der Waals surface area contributed by atoms with Crippen molar-refractivity contribution < 1.29 is 24.2 Å². The highest BCUT2D eigenvalue weighted by Crippen LogP contribution is 2.39. The minimum absolute atomic E-state index is 0.199. The molecule has 7 heteroatoms. The van der Waals surface area contributed by atoms with Crippen molar-refractivity contribution in [3.8, 4) is 0 Å². The molecule has 1 heterocycles. The molecule has 1 aromatic rings. The Hall–Kier alpha value is -2.15. The van der Waals surface area contributed by atoms with Gasteiger partial charge >= 0.3 is 11.9 Å². The fraction of sp³-hybridized carbons (Fsp3) is 0.571. The minimum Gasteiger partial charge on any atom is -0.481 e. The van der Waals surface area contributed by atoms with Crippen LogP contribution in [0.25, 0.3) is 0 Å². The number of esters is 1. The first-order chi connectivity index (χ1) is 13.4. The van der Waals surface area contributed by atoms with Crippen LogP contribution in [0.1, 0.15) is 66.8 Å². The Morgan fingerprint density at radius 3 is 2.57 bits per heavy atom. The molecule has 1 aromatic heterocycles. The molecule has 3 unspecified atom stereocenters. The average Bonchev–Trinajstić information content (AvgIpc) is 3.05. The third kappa shape index (κ3) is 4.29. The Morgan fingerprint density at radius 2 is 1.89 bits per heavy atom. The van der Waals surface area contributed by atoms with Crippen LogP contribution < -0.4 is 5.32 Å². The van der Waals surface area contributed by atoms with E-state index in [1.807, 2.05) is 19.9 Å². The van der Waals surface area contributed by atoms with Crippen molar-refractivity contribution in [3.05, 3.63) is 28.2 Å². The second kappa shape index (κ2) is 8.90. The van der Waals surface area contributed by atoms with Gasteiger partial charge in [-0.25, -0.2) is 4.79 Å². The highest BCUT2D eigenvalue weighted by Gasteiger charge is 2.35. The SMILES string of the molecule is CCC(C)OC(=O)c1c(NC(=O)C2CC=CCC2C(=O)O)sc2c1CCCC2. The van der Waals surface area contributed by atoms with Gasteiger partial charge in [-0.2, -0.15) is 0 Å². The molecule has 0 bridgehead atoms. The number of carboxylic acid groups (broad SMARTS) is 1. The van der Waals surface area contributed by atoms with Crippen molar-refractivity contribution in [2.24, 2.45) is 11.8 Å². The number of aryl methyl sites for hydroxylation is 1. The molecule has 0 saturated carbocycles. The molecular formula is C21H27NO5S. The standard InChI is InChI=1S/C21H27NO5S/c1-3-12(2)27-21(26)17-15-10-6-7-11-16(15)28-19(17)22-18(23)13-8-4-5-9-14(13)20(24)25/h4-5,12-14H,3,6-11H2,1-2H3,(H,22,23)(H,24,25). The summed E-state index contributed by atoms with van der Waals surface area (Å²) in [4.78, 5) is 38.4. The molecular weight excluding hydrogens is 378 g/mol. The lowest BCUT2D eigenvalue weighted by molar-refractivity contribution is -0.146. The van der Waals surface area contributed by atoms with Gasteiger partial charge in [-0.05, 0) is 57.4 Å². The summed E-state index contributed by atoms with van der Waals surface area (Å²) >= 11 is 1.43. The normalized spacial score (nSPS) is 22.2. The molecule has 3 rings (SSSR count). The first-order valence-corrected chi connectivity index (χ1v) is 10.8. The van der Waals surface area contributed by atoms with Crippen molar-refractivity contribution in [1.82, 2.24) is 0 Å². The zero-order valence-electron chi connectivity index (χ0n) is 16.3. The van der Waals surface area contributed by atoms with Gasteiger partial charge in [0.1, 0.15) is 5.00 Å². The maximum absolute atomic E-state index is 12.9. The van der Waals surface area contributed by atoms with E-state index in [4.69, 9.17) is 4.74 Å². The Bertz CT molecular complexity index is 797. The van der Waals surface area contributed by atoms with E-state index in [9.17, 15) is 19.5 Å². The number of ether oxygens (including phenoxy) is 1. The molecule has 0 spiro atoms. The summed E-state index contributed by atoms with van der Waals surface area (Å²) in [6, 6.07) is 0. The zero-order chi connectivity index (χ0) is 20.3. The number of fused-ring (bicyclic) bond motifs is 1. The summed E-state index contributed by atoms with van der Waals surface area (Å²) in [6.07, 6.45) is 8.68. The van der Waals surface area contributed by atoms with Crippen molar-refractivity contribution in [2.45, 2.75) is 64.9 Å². The Balaban J connectivity index is 1.87. The Kier molecular flexibility index (Phi) is 6.54. The van der Waals surface area contributed by atoms with Crippen LogP contribution in [0.4, 0.5) is 5.00 Å². The Labute approximate surface area is 169 Å². The predicted molar refractivity (Wildman–Crippen MR) is 108 cm³/mol. The molecule has 0 aliphatic heterocycles. The van der Waals surface area contributed by atoms with Gasteiger partial charge in [0.15, 0.2) is 0 Å². The van der Waals surface area contributed by atoms with Gasteiger partial charge in [0.2, 0.25) is 5.91 Å². The molecule has 0 aromatic carbocycles. The van der Waals surface area contributed by atoms with Gasteiger partial charge in [0.05, 0.1) is 23.5 Å². The lowest BCUT2D eigenvalue weighted by Crippen LogP contribution is -2.35. The molecule has 1 amide bonds. The first kappa shape index (κ1) is 20.6. The fourth-order valence-electron chi connectivity index (χ4n) is 3.78. The number of nitrogens with one attached hydrogen (secondary N) is 1. The molecule has 28 heavy (non-hydrogen) atoms. The maximum Gasteiger partial charge on any atom is 0.341 e. The first-order valence-electron chi connectivity index (χ1n) is 9.96. The van der Waals surface area contributed by atoms with Crippen LogP contribution in [-0.2, 0) is 27.2 Å². The van der Waals surface area contributed by atoms with Crippen LogP contribution in [0.15, 0.2) is 12.2 Å². The average molecular weight is 406 g/mol. The van der Waals surface area contributed by atoms with Gasteiger partial charge in [0.25, 0.3) is 0 Å². The van der Waals surface area contributed by atoms with E-state index < -0.39 is 23.8 Å². The second-order valence-corrected chi connectivity index (χ2v) is 8.63. The number of anilines is 1. The van der Waals surface area contributed by atoms with E-state index in [0.717, 1.165) is 36.1 Å². The molecule has 0 fully saturated rings. The number of carbonyl (C=O) groups excluding carboxylic acids is 2.